The normalized spacial score (nSPS) is 12.5. The molecule has 0 saturated heterocycles. The molecule has 0 aliphatic rings. The maximum atomic E-state index is 12.9. The van der Waals surface area contributed by atoms with E-state index in [0.717, 1.165) is 70.6 Å². The molecule has 0 spiro atoms. The van der Waals surface area contributed by atoms with Crippen LogP contribution in [0.25, 0.3) is 0 Å². The van der Waals surface area contributed by atoms with Crippen molar-refractivity contribution in [1.82, 2.24) is 0 Å². The van der Waals surface area contributed by atoms with Crippen LogP contribution in [0.5, 0.6) is 0 Å². The van der Waals surface area contributed by atoms with Crippen LogP contribution in [-0.2, 0) is 28.6 Å². The number of allylic oxidation sites excluding steroid dienone is 11. The van der Waals surface area contributed by atoms with E-state index < -0.39 is 12.1 Å². The van der Waals surface area contributed by atoms with E-state index in [-0.39, 0.29) is 31.6 Å². The maximum Gasteiger partial charge on any atom is 0.309 e. The van der Waals surface area contributed by atoms with Crippen LogP contribution in [0.15, 0.2) is 72.9 Å². The molecule has 434 valence electrons. The second-order valence-electron chi connectivity index (χ2n) is 21.7. The number of carbonyl (C=O) groups excluding carboxylic acids is 3. The summed E-state index contributed by atoms with van der Waals surface area (Å²) in [6.07, 6.45) is 82.3. The van der Waals surface area contributed by atoms with Gasteiger partial charge in [0.2, 0.25) is 0 Å². The average molecular weight is 1050 g/mol. The van der Waals surface area contributed by atoms with Gasteiger partial charge in [0.1, 0.15) is 13.2 Å². The number of ether oxygens (including phenoxy) is 3. The lowest BCUT2D eigenvalue weighted by Crippen LogP contribution is -2.30. The van der Waals surface area contributed by atoms with Crippen LogP contribution in [0, 0.1) is 0 Å². The van der Waals surface area contributed by atoms with E-state index >= 15 is 0 Å². The van der Waals surface area contributed by atoms with Crippen LogP contribution in [0.3, 0.4) is 0 Å². The van der Waals surface area contributed by atoms with Gasteiger partial charge in [0.15, 0.2) is 6.10 Å². The number of carbonyl (C=O) groups is 3. The number of rotatable bonds is 59. The number of esters is 3. The molecule has 0 heterocycles. The van der Waals surface area contributed by atoms with Gasteiger partial charge in [0.25, 0.3) is 0 Å². The summed E-state index contributed by atoms with van der Waals surface area (Å²) >= 11 is 0. The molecule has 0 aromatic carbocycles. The topological polar surface area (TPSA) is 78.9 Å². The fourth-order valence-corrected chi connectivity index (χ4v) is 9.40. The second kappa shape index (κ2) is 63.4. The minimum absolute atomic E-state index is 0.102. The molecule has 0 aliphatic carbocycles. The highest BCUT2D eigenvalue weighted by molar-refractivity contribution is 5.72. The minimum Gasteiger partial charge on any atom is -0.462 e. The van der Waals surface area contributed by atoms with Crippen molar-refractivity contribution in [3.05, 3.63) is 72.9 Å². The second-order valence-corrected chi connectivity index (χ2v) is 21.7. The van der Waals surface area contributed by atoms with E-state index in [2.05, 4.69) is 81.5 Å². The Morgan fingerprint density at radius 2 is 0.573 bits per heavy atom. The van der Waals surface area contributed by atoms with Gasteiger partial charge in [-0.05, 0) is 70.6 Å². The molecule has 0 radical (unpaired) electrons. The largest absolute Gasteiger partial charge is 0.462 e. The summed E-state index contributed by atoms with van der Waals surface area (Å²) < 4.78 is 16.8. The van der Waals surface area contributed by atoms with Crippen molar-refractivity contribution in [2.45, 2.75) is 335 Å². The van der Waals surface area contributed by atoms with Crippen LogP contribution in [0.1, 0.15) is 329 Å². The van der Waals surface area contributed by atoms with E-state index in [1.807, 2.05) is 6.08 Å². The molecule has 0 aromatic rings. The highest BCUT2D eigenvalue weighted by Crippen LogP contribution is 2.17. The van der Waals surface area contributed by atoms with Crippen LogP contribution in [0.2, 0.25) is 0 Å². The van der Waals surface area contributed by atoms with Crippen molar-refractivity contribution in [2.24, 2.45) is 0 Å². The zero-order chi connectivity index (χ0) is 54.3. The lowest BCUT2D eigenvalue weighted by atomic mass is 10.0. The molecule has 0 saturated carbocycles. The fourth-order valence-electron chi connectivity index (χ4n) is 9.40. The van der Waals surface area contributed by atoms with E-state index in [1.54, 1.807) is 6.08 Å². The van der Waals surface area contributed by atoms with Gasteiger partial charge in [-0.3, -0.25) is 14.4 Å². The molecule has 0 aromatic heterocycles. The Morgan fingerprint density at radius 3 is 0.920 bits per heavy atom. The molecule has 0 fully saturated rings. The molecule has 1 atom stereocenters. The lowest BCUT2D eigenvalue weighted by molar-refractivity contribution is -0.166. The summed E-state index contributed by atoms with van der Waals surface area (Å²) in [5, 5.41) is 0. The Hall–Kier alpha value is -3.15. The zero-order valence-electron chi connectivity index (χ0n) is 49.8. The SMILES string of the molecule is CC/C=C\C/C=C\C/C=C\C/C=C\C/C=C\CC(=O)OCC(COC(=O)CCCCCCCCCCCCCCC/C=C\CCCCCCCCCC)OC(=O)CCCCCCCCCCCCCCCCCCC. The molecule has 0 bridgehead atoms. The molecule has 75 heavy (non-hydrogen) atoms. The van der Waals surface area contributed by atoms with Gasteiger partial charge < -0.3 is 14.2 Å². The molecule has 0 aliphatic heterocycles. The Kier molecular flexibility index (Phi) is 60.7. The van der Waals surface area contributed by atoms with Crippen LogP contribution in [-0.4, -0.2) is 37.2 Å². The molecule has 1 unspecified atom stereocenters. The predicted octanol–water partition coefficient (Wildman–Crippen LogP) is 22.1. The smallest absolute Gasteiger partial charge is 0.309 e. The van der Waals surface area contributed by atoms with E-state index in [4.69, 9.17) is 14.2 Å². The minimum atomic E-state index is -0.814. The van der Waals surface area contributed by atoms with Crippen LogP contribution in [0.4, 0.5) is 0 Å². The Bertz CT molecular complexity index is 1390. The third-order valence-corrected chi connectivity index (χ3v) is 14.2. The standard InChI is InChI=1S/C69H122O6/c1-4-7-10-13-16-19-22-25-28-30-31-32-33-34-35-36-37-39-41-44-47-50-53-56-59-62-68(71)74-65-66(64-73-67(70)61-58-55-52-49-46-43-40-27-24-21-18-15-12-9-6-3)75-69(72)63-60-57-54-51-48-45-42-38-29-26-23-20-17-14-11-8-5-2/h9,12,18,21,27,30-31,40,46,49,55,58,66H,4-8,10-11,13-17,19-20,22-26,28-29,32-39,41-45,47-48,50-54,56-57,59-65H2,1-3H3/b12-9-,21-18-,31-30-,40-27-,49-46-,58-55-. The third kappa shape index (κ3) is 61.6. The monoisotopic (exact) mass is 1050 g/mol. The number of hydrogen-bond acceptors (Lipinski definition) is 6. The summed E-state index contributed by atoms with van der Waals surface area (Å²) in [6, 6.07) is 0. The molecule has 0 N–H and O–H groups in total. The van der Waals surface area contributed by atoms with Gasteiger partial charge in [0, 0.05) is 12.8 Å². The Labute approximate surface area is 465 Å². The quantitative estimate of drug-likeness (QED) is 0.0261. The maximum absolute atomic E-state index is 12.9. The van der Waals surface area contributed by atoms with Crippen molar-refractivity contribution < 1.29 is 28.6 Å². The van der Waals surface area contributed by atoms with Crippen molar-refractivity contribution in [3.63, 3.8) is 0 Å². The van der Waals surface area contributed by atoms with Gasteiger partial charge in [0.05, 0.1) is 6.42 Å². The van der Waals surface area contributed by atoms with Gasteiger partial charge in [-0.2, -0.15) is 0 Å². The van der Waals surface area contributed by atoms with Gasteiger partial charge >= 0.3 is 17.9 Å². The van der Waals surface area contributed by atoms with Crippen LogP contribution < -0.4 is 0 Å². The first-order valence-electron chi connectivity index (χ1n) is 32.4. The summed E-state index contributed by atoms with van der Waals surface area (Å²) in [5.41, 5.74) is 0. The summed E-state index contributed by atoms with van der Waals surface area (Å²) in [5.74, 6) is -1.02. The van der Waals surface area contributed by atoms with E-state index in [1.165, 1.54) is 218 Å². The molecule has 6 heteroatoms. The number of unbranched alkanes of at least 4 members (excludes halogenated alkanes) is 37. The highest BCUT2D eigenvalue weighted by Gasteiger charge is 2.19. The fraction of sp³-hybridized carbons (Fsp3) is 0.783. The summed E-state index contributed by atoms with van der Waals surface area (Å²) in [7, 11) is 0. The first kappa shape index (κ1) is 71.8. The molecule has 0 rings (SSSR count). The lowest BCUT2D eigenvalue weighted by Gasteiger charge is -2.18. The first-order valence-corrected chi connectivity index (χ1v) is 32.4. The van der Waals surface area contributed by atoms with E-state index in [0.29, 0.717) is 12.8 Å². The molecular formula is C69H122O6. The number of hydrogen-bond donors (Lipinski definition) is 0. The molecule has 0 amide bonds. The van der Waals surface area contributed by atoms with Crippen molar-refractivity contribution in [1.29, 1.82) is 0 Å². The van der Waals surface area contributed by atoms with Gasteiger partial charge in [-0.1, -0.05) is 312 Å². The Morgan fingerprint density at radius 1 is 0.293 bits per heavy atom. The molecular weight excluding hydrogens is 925 g/mol. The van der Waals surface area contributed by atoms with E-state index in [9.17, 15) is 14.4 Å². The predicted molar refractivity (Wildman–Crippen MR) is 325 cm³/mol. The summed E-state index contributed by atoms with van der Waals surface area (Å²) in [4.78, 5) is 38.2. The van der Waals surface area contributed by atoms with Gasteiger partial charge in [-0.25, -0.2) is 0 Å². The zero-order valence-corrected chi connectivity index (χ0v) is 49.8. The Balaban J connectivity index is 4.34. The van der Waals surface area contributed by atoms with Crippen molar-refractivity contribution in [3.8, 4) is 0 Å². The van der Waals surface area contributed by atoms with Crippen molar-refractivity contribution >= 4 is 17.9 Å². The summed E-state index contributed by atoms with van der Waals surface area (Å²) in [6.45, 7) is 6.48. The molecule has 6 nitrogen and oxygen atoms in total. The van der Waals surface area contributed by atoms with Crippen LogP contribution >= 0.6 is 0 Å². The third-order valence-electron chi connectivity index (χ3n) is 14.2. The van der Waals surface area contributed by atoms with Crippen molar-refractivity contribution in [2.75, 3.05) is 13.2 Å². The first-order chi connectivity index (χ1) is 37.0. The highest BCUT2D eigenvalue weighted by atomic mass is 16.6. The van der Waals surface area contributed by atoms with Gasteiger partial charge in [-0.15, -0.1) is 0 Å². The average Bonchev–Trinajstić information content (AvgIpc) is 3.41.